The van der Waals surface area contributed by atoms with E-state index in [2.05, 4.69) is 37.2 Å². The van der Waals surface area contributed by atoms with Gasteiger partial charge in [0.25, 0.3) is 5.91 Å². The van der Waals surface area contributed by atoms with Gasteiger partial charge in [0, 0.05) is 35.5 Å². The molecular weight excluding hydrogens is 520 g/mol. The van der Waals surface area contributed by atoms with Crippen molar-refractivity contribution in [1.29, 1.82) is 0 Å². The van der Waals surface area contributed by atoms with Crippen molar-refractivity contribution < 1.29 is 24.9 Å². The molecule has 0 saturated heterocycles. The molecule has 1 aliphatic heterocycles. The molecule has 1 aliphatic rings. The number of anilines is 1. The molecule has 0 saturated carbocycles. The van der Waals surface area contributed by atoms with Gasteiger partial charge in [0.15, 0.2) is 5.78 Å². The van der Waals surface area contributed by atoms with Crippen molar-refractivity contribution in [2.24, 2.45) is 0 Å². The van der Waals surface area contributed by atoms with E-state index in [1.165, 1.54) is 0 Å². The first-order chi connectivity index (χ1) is 14.3. The molecule has 1 amide bonds. The average Bonchev–Trinajstić information content (AvgIpc) is 3.01. The van der Waals surface area contributed by atoms with Crippen LogP contribution in [0.2, 0.25) is 0 Å². The normalized spacial score (nSPS) is 14.3. The molecule has 4 N–H and O–H groups in total. The van der Waals surface area contributed by atoms with E-state index in [4.69, 9.17) is 10.2 Å². The van der Waals surface area contributed by atoms with Gasteiger partial charge in [-0.05, 0) is 73.8 Å². The van der Waals surface area contributed by atoms with Gasteiger partial charge in [-0.15, -0.1) is 0 Å². The fraction of sp³-hybridized carbons (Fsp3) is 0.238. The lowest BCUT2D eigenvalue weighted by molar-refractivity contribution is -0.110. The molecule has 0 bridgehead atoms. The minimum absolute atomic E-state index is 0.0538. The minimum atomic E-state index is -0.280. The van der Waals surface area contributed by atoms with E-state index in [0.29, 0.717) is 36.9 Å². The second-order valence-corrected chi connectivity index (χ2v) is 8.46. The number of Topliss-reactive ketones (excluding diaryl/α,β-unsaturated/α-hetero) is 1. The smallest absolute Gasteiger partial charge is 0.256 e. The number of carbonyl (C=O) groups excluding carboxylic acids is 2. The molecule has 7 nitrogen and oxygen atoms in total. The number of carbonyl (C=O) groups is 2. The van der Waals surface area contributed by atoms with E-state index in [0.717, 1.165) is 0 Å². The molecule has 30 heavy (non-hydrogen) atoms. The number of halogens is 2. The number of benzene rings is 2. The first kappa shape index (κ1) is 22.6. The van der Waals surface area contributed by atoms with Crippen LogP contribution in [0.3, 0.4) is 0 Å². The van der Waals surface area contributed by atoms with Crippen LogP contribution in [0, 0.1) is 0 Å². The third-order valence-corrected chi connectivity index (χ3v) is 5.88. The number of aromatic hydroxyl groups is 1. The number of phenols is 1. The first-order valence-electron chi connectivity index (χ1n) is 9.16. The Morgan fingerprint density at radius 2 is 1.70 bits per heavy atom. The third kappa shape index (κ3) is 4.98. The standard InChI is InChI=1S/C21H20Br2N2O5/c22-16-8-12(9-17(23)20(16)29)7-15-14-10-13(1-2-18(14)24-21(15)30)19(28)11-25(3-5-26)4-6-27/h1-2,7-10,26-27,29H,3-6,11H2,(H,24,30)/b15-7-. The summed E-state index contributed by atoms with van der Waals surface area (Å²) in [6.45, 7) is 0.402. The SMILES string of the molecule is O=C1Nc2ccc(C(=O)CN(CCO)CCO)cc2/C1=C/c1cc(Br)c(O)c(Br)c1. The first-order valence-corrected chi connectivity index (χ1v) is 10.8. The van der Waals surface area contributed by atoms with Crippen LogP contribution in [0.15, 0.2) is 39.3 Å². The van der Waals surface area contributed by atoms with E-state index >= 15 is 0 Å². The zero-order valence-electron chi connectivity index (χ0n) is 15.9. The van der Waals surface area contributed by atoms with Crippen LogP contribution in [0.4, 0.5) is 5.69 Å². The van der Waals surface area contributed by atoms with Crippen molar-refractivity contribution >= 4 is 60.9 Å². The number of fused-ring (bicyclic) bond motifs is 1. The molecular formula is C21H20Br2N2O5. The molecule has 158 valence electrons. The molecule has 0 fully saturated rings. The van der Waals surface area contributed by atoms with Gasteiger partial charge in [0.05, 0.1) is 28.7 Å². The van der Waals surface area contributed by atoms with Gasteiger partial charge in [-0.2, -0.15) is 0 Å². The summed E-state index contributed by atoms with van der Waals surface area (Å²) >= 11 is 6.55. The van der Waals surface area contributed by atoms with Gasteiger partial charge in [0.1, 0.15) is 5.75 Å². The number of hydrogen-bond donors (Lipinski definition) is 4. The molecule has 0 unspecified atom stereocenters. The number of aliphatic hydroxyl groups excluding tert-OH is 2. The largest absolute Gasteiger partial charge is 0.506 e. The highest BCUT2D eigenvalue weighted by Gasteiger charge is 2.26. The quantitative estimate of drug-likeness (QED) is 0.303. The molecule has 2 aromatic carbocycles. The number of amides is 1. The van der Waals surface area contributed by atoms with Gasteiger partial charge in [0.2, 0.25) is 0 Å². The predicted octanol–water partition coefficient (Wildman–Crippen LogP) is 2.88. The summed E-state index contributed by atoms with van der Waals surface area (Å²) in [7, 11) is 0. The summed E-state index contributed by atoms with van der Waals surface area (Å²) in [4.78, 5) is 26.9. The lowest BCUT2D eigenvalue weighted by atomic mass is 10.00. The van der Waals surface area contributed by atoms with Gasteiger partial charge >= 0.3 is 0 Å². The number of aliphatic hydroxyl groups is 2. The molecule has 0 spiro atoms. The predicted molar refractivity (Wildman–Crippen MR) is 121 cm³/mol. The van der Waals surface area contributed by atoms with E-state index in [-0.39, 0.29) is 50.3 Å². The Bertz CT molecular complexity index is 993. The van der Waals surface area contributed by atoms with Gasteiger partial charge in [-0.1, -0.05) is 0 Å². The summed E-state index contributed by atoms with van der Waals surface area (Å²) in [5.41, 5.74) is 2.76. The van der Waals surface area contributed by atoms with Gasteiger partial charge in [-0.3, -0.25) is 14.5 Å². The minimum Gasteiger partial charge on any atom is -0.506 e. The molecule has 0 radical (unpaired) electrons. The Morgan fingerprint density at radius 3 is 2.30 bits per heavy atom. The molecule has 9 heteroatoms. The molecule has 0 aliphatic carbocycles. The number of nitrogens with zero attached hydrogens (tertiary/aromatic N) is 1. The van der Waals surface area contributed by atoms with E-state index in [1.54, 1.807) is 41.3 Å². The maximum Gasteiger partial charge on any atom is 0.256 e. The Balaban J connectivity index is 1.92. The Labute approximate surface area is 190 Å². The van der Waals surface area contributed by atoms with Crippen molar-refractivity contribution in [3.05, 3.63) is 56.0 Å². The lowest BCUT2D eigenvalue weighted by Crippen LogP contribution is -2.34. The number of hydrogen-bond acceptors (Lipinski definition) is 6. The summed E-state index contributed by atoms with van der Waals surface area (Å²) < 4.78 is 0.971. The Morgan fingerprint density at radius 1 is 1.07 bits per heavy atom. The van der Waals surface area contributed by atoms with Crippen molar-refractivity contribution in [2.75, 3.05) is 38.2 Å². The molecule has 1 heterocycles. The Hall–Kier alpha value is -2.04. The molecule has 0 atom stereocenters. The monoisotopic (exact) mass is 538 g/mol. The van der Waals surface area contributed by atoms with Crippen molar-refractivity contribution in [3.8, 4) is 5.75 Å². The van der Waals surface area contributed by atoms with Crippen LogP contribution in [0.25, 0.3) is 11.6 Å². The second kappa shape index (κ2) is 9.84. The maximum absolute atomic E-state index is 12.7. The lowest BCUT2D eigenvalue weighted by Gasteiger charge is -2.19. The van der Waals surface area contributed by atoms with Crippen molar-refractivity contribution in [1.82, 2.24) is 4.90 Å². The van der Waals surface area contributed by atoms with Crippen LogP contribution < -0.4 is 5.32 Å². The van der Waals surface area contributed by atoms with Crippen molar-refractivity contribution in [2.45, 2.75) is 0 Å². The van der Waals surface area contributed by atoms with E-state index in [1.807, 2.05) is 0 Å². The fourth-order valence-electron chi connectivity index (χ4n) is 3.19. The number of rotatable bonds is 8. The van der Waals surface area contributed by atoms with Gasteiger partial charge in [-0.25, -0.2) is 0 Å². The van der Waals surface area contributed by atoms with Crippen LogP contribution in [-0.4, -0.2) is 64.8 Å². The summed E-state index contributed by atoms with van der Waals surface area (Å²) in [5, 5.41) is 30.9. The van der Waals surface area contributed by atoms with Crippen molar-refractivity contribution in [3.63, 3.8) is 0 Å². The Kier molecular flexibility index (Phi) is 7.43. The maximum atomic E-state index is 12.7. The average molecular weight is 540 g/mol. The fourth-order valence-corrected chi connectivity index (χ4v) is 4.41. The van der Waals surface area contributed by atoms with Crippen LogP contribution >= 0.6 is 31.9 Å². The topological polar surface area (TPSA) is 110 Å². The highest BCUT2D eigenvalue weighted by atomic mass is 79.9. The van der Waals surface area contributed by atoms with Crippen LogP contribution in [0.1, 0.15) is 21.5 Å². The molecule has 0 aromatic heterocycles. The van der Waals surface area contributed by atoms with E-state index in [9.17, 15) is 14.7 Å². The summed E-state index contributed by atoms with van der Waals surface area (Å²) in [6.07, 6.45) is 1.69. The number of phenolic OH excluding ortho intramolecular Hbond substituents is 1. The highest BCUT2D eigenvalue weighted by Crippen LogP contribution is 2.37. The number of nitrogens with one attached hydrogen (secondary N) is 1. The van der Waals surface area contributed by atoms with E-state index < -0.39 is 0 Å². The highest BCUT2D eigenvalue weighted by molar-refractivity contribution is 9.11. The second-order valence-electron chi connectivity index (χ2n) is 6.75. The third-order valence-electron chi connectivity index (χ3n) is 4.67. The van der Waals surface area contributed by atoms with Crippen LogP contribution in [0.5, 0.6) is 5.75 Å². The molecule has 3 rings (SSSR count). The number of ketones is 1. The summed E-state index contributed by atoms with van der Waals surface area (Å²) in [5.74, 6) is -0.387. The van der Waals surface area contributed by atoms with Gasteiger partial charge < -0.3 is 20.6 Å². The zero-order chi connectivity index (χ0) is 21.8. The summed E-state index contributed by atoms with van der Waals surface area (Å²) in [6, 6.07) is 8.38. The van der Waals surface area contributed by atoms with Crippen LogP contribution in [-0.2, 0) is 4.79 Å². The molecule has 2 aromatic rings. The zero-order valence-corrected chi connectivity index (χ0v) is 19.0.